The first kappa shape index (κ1) is 9.19. The lowest BCUT2D eigenvalue weighted by atomic mass is 9.88. The van der Waals surface area contributed by atoms with Crippen molar-refractivity contribution in [2.75, 3.05) is 7.11 Å². The minimum absolute atomic E-state index is 0.0154. The number of rotatable bonds is 1. The second-order valence-electron chi connectivity index (χ2n) is 3.77. The molecule has 4 unspecified atom stereocenters. The molecule has 0 radical (unpaired) electrons. The van der Waals surface area contributed by atoms with Gasteiger partial charge in [-0.3, -0.25) is 9.59 Å². The summed E-state index contributed by atoms with van der Waals surface area (Å²) < 4.78 is 4.66. The Bertz CT molecular complexity index is 264. The van der Waals surface area contributed by atoms with Gasteiger partial charge in [-0.25, -0.2) is 0 Å². The highest BCUT2D eigenvalue weighted by molar-refractivity contribution is 9.10. The predicted molar refractivity (Wildman–Crippen MR) is 49.4 cm³/mol. The second kappa shape index (κ2) is 3.08. The lowest BCUT2D eigenvalue weighted by Gasteiger charge is -2.21. The number of carbonyl (C=O) groups is 2. The number of esters is 1. The molecule has 2 aliphatic carbocycles. The molecule has 2 rings (SSSR count). The molecule has 4 atom stereocenters. The molecular weight excluding hydrogens is 236 g/mol. The number of Topliss-reactive ketones (excluding diaryl/α,β-unsaturated/α-hetero) is 1. The van der Waals surface area contributed by atoms with Gasteiger partial charge in [0.25, 0.3) is 0 Å². The van der Waals surface area contributed by atoms with Crippen molar-refractivity contribution in [2.24, 2.45) is 17.8 Å². The Kier molecular flexibility index (Phi) is 2.18. The Morgan fingerprint density at radius 2 is 2.23 bits per heavy atom. The monoisotopic (exact) mass is 246 g/mol. The van der Waals surface area contributed by atoms with E-state index in [1.54, 1.807) is 0 Å². The van der Waals surface area contributed by atoms with Gasteiger partial charge >= 0.3 is 5.97 Å². The number of hydrogen-bond acceptors (Lipinski definition) is 3. The average Bonchev–Trinajstić information content (AvgIpc) is 2.67. The van der Waals surface area contributed by atoms with E-state index < -0.39 is 0 Å². The maximum absolute atomic E-state index is 11.5. The molecule has 0 heterocycles. The Balaban J connectivity index is 2.14. The number of hydrogen-bond donors (Lipinski definition) is 0. The molecule has 0 aromatic rings. The van der Waals surface area contributed by atoms with Gasteiger partial charge in [-0.15, -0.1) is 0 Å². The number of alkyl halides is 1. The Morgan fingerprint density at radius 1 is 1.54 bits per heavy atom. The molecule has 2 bridgehead atoms. The molecule has 0 saturated heterocycles. The molecule has 0 aliphatic heterocycles. The van der Waals surface area contributed by atoms with Gasteiger partial charge in [-0.05, 0) is 18.8 Å². The summed E-state index contributed by atoms with van der Waals surface area (Å²) in [6.45, 7) is 0. The number of fused-ring (bicyclic) bond motifs is 2. The zero-order chi connectivity index (χ0) is 9.59. The van der Waals surface area contributed by atoms with E-state index in [0.29, 0.717) is 5.92 Å². The van der Waals surface area contributed by atoms with Crippen LogP contribution in [0.1, 0.15) is 12.8 Å². The van der Waals surface area contributed by atoms with Crippen LogP contribution in [0, 0.1) is 17.8 Å². The predicted octanol–water partition coefficient (Wildman–Crippen LogP) is 1.15. The van der Waals surface area contributed by atoms with Crippen molar-refractivity contribution < 1.29 is 14.3 Å². The maximum Gasteiger partial charge on any atom is 0.309 e. The summed E-state index contributed by atoms with van der Waals surface area (Å²) in [4.78, 5) is 22.8. The van der Waals surface area contributed by atoms with E-state index >= 15 is 0 Å². The Labute approximate surface area is 85.0 Å². The smallest absolute Gasteiger partial charge is 0.309 e. The van der Waals surface area contributed by atoms with Gasteiger partial charge in [0.05, 0.1) is 17.9 Å². The zero-order valence-electron chi connectivity index (χ0n) is 7.33. The molecular formula is C9H11BrO3. The van der Waals surface area contributed by atoms with Crippen molar-refractivity contribution in [1.82, 2.24) is 0 Å². The summed E-state index contributed by atoms with van der Waals surface area (Å²) in [7, 11) is 1.38. The Hall–Kier alpha value is -0.380. The van der Waals surface area contributed by atoms with Crippen LogP contribution in [0.4, 0.5) is 0 Å². The fourth-order valence-electron chi connectivity index (χ4n) is 2.48. The van der Waals surface area contributed by atoms with Crippen molar-refractivity contribution >= 4 is 27.7 Å². The molecule has 4 heteroatoms. The zero-order valence-corrected chi connectivity index (χ0v) is 8.91. The summed E-state index contributed by atoms with van der Waals surface area (Å²) in [6, 6.07) is 0. The summed E-state index contributed by atoms with van der Waals surface area (Å²) in [5.41, 5.74) is 0. The van der Waals surface area contributed by atoms with E-state index in [9.17, 15) is 9.59 Å². The number of halogens is 1. The fraction of sp³-hybridized carbons (Fsp3) is 0.778. The topological polar surface area (TPSA) is 43.4 Å². The van der Waals surface area contributed by atoms with E-state index in [0.717, 1.165) is 12.8 Å². The van der Waals surface area contributed by atoms with Crippen LogP contribution in [0.25, 0.3) is 0 Å². The first-order valence-electron chi connectivity index (χ1n) is 4.40. The van der Waals surface area contributed by atoms with Crippen molar-refractivity contribution in [3.05, 3.63) is 0 Å². The van der Waals surface area contributed by atoms with E-state index in [4.69, 9.17) is 0 Å². The van der Waals surface area contributed by atoms with Gasteiger partial charge in [-0.2, -0.15) is 0 Å². The highest BCUT2D eigenvalue weighted by Crippen LogP contribution is 2.49. The van der Waals surface area contributed by atoms with Crippen molar-refractivity contribution in [2.45, 2.75) is 17.7 Å². The lowest BCUT2D eigenvalue weighted by molar-refractivity contribution is -0.149. The van der Waals surface area contributed by atoms with Gasteiger partial charge in [0, 0.05) is 5.92 Å². The molecule has 0 aromatic heterocycles. The molecule has 72 valence electrons. The minimum Gasteiger partial charge on any atom is -0.469 e. The largest absolute Gasteiger partial charge is 0.469 e. The van der Waals surface area contributed by atoms with Gasteiger partial charge in [0.2, 0.25) is 0 Å². The van der Waals surface area contributed by atoms with Gasteiger partial charge in [0.1, 0.15) is 0 Å². The van der Waals surface area contributed by atoms with E-state index in [1.165, 1.54) is 7.11 Å². The van der Waals surface area contributed by atoms with Gasteiger partial charge < -0.3 is 4.74 Å². The van der Waals surface area contributed by atoms with Crippen LogP contribution in [0.5, 0.6) is 0 Å². The second-order valence-corrected chi connectivity index (χ2v) is 4.76. The van der Waals surface area contributed by atoms with E-state index in [-0.39, 0.29) is 28.4 Å². The molecule has 2 fully saturated rings. The van der Waals surface area contributed by atoms with Crippen LogP contribution >= 0.6 is 15.9 Å². The standard InChI is InChI=1S/C9H11BrO3/c1-13-9(12)6-3-4-2-5(6)8(11)7(4)10/h4-7H,2-3H2,1H3. The molecule has 0 aromatic carbocycles. The average molecular weight is 247 g/mol. The van der Waals surface area contributed by atoms with E-state index in [1.807, 2.05) is 0 Å². The van der Waals surface area contributed by atoms with Crippen molar-refractivity contribution in [3.63, 3.8) is 0 Å². The van der Waals surface area contributed by atoms with Crippen LogP contribution in [0.3, 0.4) is 0 Å². The highest BCUT2D eigenvalue weighted by atomic mass is 79.9. The number of methoxy groups -OCH3 is 1. The van der Waals surface area contributed by atoms with Crippen LogP contribution in [0.15, 0.2) is 0 Å². The third-order valence-electron chi connectivity index (χ3n) is 3.15. The van der Waals surface area contributed by atoms with Gasteiger partial charge in [-0.1, -0.05) is 15.9 Å². The normalized spacial score (nSPS) is 42.5. The number of carbonyl (C=O) groups excluding carboxylic acids is 2. The first-order valence-corrected chi connectivity index (χ1v) is 5.32. The summed E-state index contributed by atoms with van der Waals surface area (Å²) >= 11 is 3.36. The van der Waals surface area contributed by atoms with Crippen LogP contribution in [-0.2, 0) is 14.3 Å². The SMILES string of the molecule is COC(=O)C1CC2CC1C(=O)C2Br. The third kappa shape index (κ3) is 1.23. The van der Waals surface area contributed by atoms with Gasteiger partial charge in [0.15, 0.2) is 5.78 Å². The number of ketones is 1. The first-order chi connectivity index (χ1) is 6.15. The summed E-state index contributed by atoms with van der Waals surface area (Å²) in [5.74, 6) is 0.0617. The third-order valence-corrected chi connectivity index (χ3v) is 4.35. The Morgan fingerprint density at radius 3 is 2.69 bits per heavy atom. The van der Waals surface area contributed by atoms with Crippen LogP contribution in [0.2, 0.25) is 0 Å². The molecule has 0 N–H and O–H groups in total. The molecule has 13 heavy (non-hydrogen) atoms. The molecule has 3 nitrogen and oxygen atoms in total. The molecule has 0 spiro atoms. The molecule has 2 aliphatic rings. The van der Waals surface area contributed by atoms with Crippen molar-refractivity contribution in [3.8, 4) is 0 Å². The molecule has 0 amide bonds. The van der Waals surface area contributed by atoms with E-state index in [2.05, 4.69) is 20.7 Å². The minimum atomic E-state index is -0.222. The summed E-state index contributed by atoms with van der Waals surface area (Å²) in [6.07, 6.45) is 1.66. The molecule has 2 saturated carbocycles. The quantitative estimate of drug-likeness (QED) is 0.515. The fourth-order valence-corrected chi connectivity index (χ4v) is 3.25. The highest BCUT2D eigenvalue weighted by Gasteiger charge is 2.53. The number of ether oxygens (including phenoxy) is 1. The lowest BCUT2D eigenvalue weighted by Crippen LogP contribution is -2.33. The summed E-state index contributed by atoms with van der Waals surface area (Å²) in [5, 5.41) is 0. The van der Waals surface area contributed by atoms with Crippen molar-refractivity contribution in [1.29, 1.82) is 0 Å². The van der Waals surface area contributed by atoms with Crippen LogP contribution < -0.4 is 0 Å². The van der Waals surface area contributed by atoms with Crippen LogP contribution in [-0.4, -0.2) is 23.7 Å². The maximum atomic E-state index is 11.5.